The van der Waals surface area contributed by atoms with Crippen LogP contribution in [0.3, 0.4) is 0 Å². The third-order valence-corrected chi connectivity index (χ3v) is 6.34. The molecule has 36 heavy (non-hydrogen) atoms. The van der Waals surface area contributed by atoms with E-state index in [0.717, 1.165) is 0 Å². The van der Waals surface area contributed by atoms with E-state index in [1.54, 1.807) is 37.3 Å². The number of methoxy groups -OCH3 is 2. The Hall–Kier alpha value is -3.20. The second-order valence-electron chi connectivity index (χ2n) is 8.72. The van der Waals surface area contributed by atoms with Crippen LogP contribution >= 0.6 is 11.6 Å². The van der Waals surface area contributed by atoms with Crippen molar-refractivity contribution in [1.29, 1.82) is 0 Å². The highest BCUT2D eigenvalue weighted by Crippen LogP contribution is 2.35. The van der Waals surface area contributed by atoms with Crippen LogP contribution in [0.25, 0.3) is 11.3 Å². The number of benzene rings is 2. The van der Waals surface area contributed by atoms with Gasteiger partial charge < -0.3 is 24.1 Å². The number of nitrogens with zero attached hydrogens (tertiary/aromatic N) is 1. The molecule has 0 aliphatic carbocycles. The smallest absolute Gasteiger partial charge is 0.163 e. The summed E-state index contributed by atoms with van der Waals surface area (Å²) in [5.74, 6) is 0.737. The molecule has 7 nitrogen and oxygen atoms in total. The zero-order chi connectivity index (χ0) is 25.9. The lowest BCUT2D eigenvalue weighted by Crippen LogP contribution is -2.38. The molecule has 1 aliphatic rings. The van der Waals surface area contributed by atoms with Gasteiger partial charge in [0, 0.05) is 17.5 Å². The van der Waals surface area contributed by atoms with Crippen LogP contribution in [0.15, 0.2) is 48.5 Å². The molecule has 0 radical (unpaired) electrons. The Balaban J connectivity index is 1.50. The van der Waals surface area contributed by atoms with Gasteiger partial charge in [0.2, 0.25) is 0 Å². The summed E-state index contributed by atoms with van der Waals surface area (Å²) in [7, 11) is 3.01. The van der Waals surface area contributed by atoms with Crippen LogP contribution in [-0.2, 0) is 10.3 Å². The Morgan fingerprint density at radius 1 is 1.11 bits per heavy atom. The number of carbonyl (C=O) groups excluding carboxylic acids is 1. The summed E-state index contributed by atoms with van der Waals surface area (Å²) in [6.07, 6.45) is 0.163. The molecular weight excluding hydrogens is 489 g/mol. The topological polar surface area (TPSA) is 87.1 Å². The zero-order valence-corrected chi connectivity index (χ0v) is 21.0. The summed E-state index contributed by atoms with van der Waals surface area (Å²) in [6.45, 7) is 2.64. The Morgan fingerprint density at radius 2 is 1.83 bits per heavy atom. The van der Waals surface area contributed by atoms with Gasteiger partial charge in [0.25, 0.3) is 0 Å². The Bertz CT molecular complexity index is 1260. The quantitative estimate of drug-likeness (QED) is 0.371. The van der Waals surface area contributed by atoms with Crippen molar-refractivity contribution in [3.8, 4) is 28.5 Å². The molecular formula is C27H27ClFNO6. The molecule has 0 spiro atoms. The molecule has 9 heteroatoms. The summed E-state index contributed by atoms with van der Waals surface area (Å²) < 4.78 is 35.4. The molecule has 0 amide bonds. The fraction of sp³-hybridized carbons (Fsp3) is 0.333. The number of aliphatic hydroxyl groups is 1. The first-order chi connectivity index (χ1) is 17.2. The van der Waals surface area contributed by atoms with Crippen molar-refractivity contribution in [2.24, 2.45) is 0 Å². The Labute approximate surface area is 213 Å². The van der Waals surface area contributed by atoms with Gasteiger partial charge in [0.05, 0.1) is 38.1 Å². The standard InChI is InChI=1S/C27H27ClFNO6/c1-27(32,25-9-8-23(33-2)26(30-25)17-4-6-20(29)19(28)12-17)11-10-21(31)16-5-7-22(24(13-16)34-3)36-18-14-35-15-18/h4-9,12-13,18,32H,10-11,14-15H2,1-3H3. The predicted molar refractivity (Wildman–Crippen MR) is 133 cm³/mol. The predicted octanol–water partition coefficient (Wildman–Crippen LogP) is 5.21. The van der Waals surface area contributed by atoms with Crippen molar-refractivity contribution < 1.29 is 33.2 Å². The van der Waals surface area contributed by atoms with Crippen molar-refractivity contribution in [3.63, 3.8) is 0 Å². The van der Waals surface area contributed by atoms with Gasteiger partial charge in [-0.1, -0.05) is 11.6 Å². The third-order valence-electron chi connectivity index (χ3n) is 6.05. The number of carbonyl (C=O) groups is 1. The largest absolute Gasteiger partial charge is 0.494 e. The van der Waals surface area contributed by atoms with Gasteiger partial charge in [0.1, 0.15) is 29.0 Å². The molecule has 1 aromatic heterocycles. The molecule has 4 rings (SSSR count). The van der Waals surface area contributed by atoms with Crippen LogP contribution in [0, 0.1) is 5.82 Å². The zero-order valence-electron chi connectivity index (χ0n) is 20.2. The Morgan fingerprint density at radius 3 is 2.47 bits per heavy atom. The fourth-order valence-corrected chi connectivity index (χ4v) is 3.97. The number of ether oxygens (including phenoxy) is 4. The number of pyridine rings is 1. The maximum Gasteiger partial charge on any atom is 0.163 e. The SMILES string of the molecule is COc1cc(C(=O)CCC(C)(O)c2ccc(OC)c(-c3ccc(F)c(Cl)c3)n2)ccc1OC1COC1. The molecule has 3 aromatic rings. The molecule has 1 unspecified atom stereocenters. The monoisotopic (exact) mass is 515 g/mol. The summed E-state index contributed by atoms with van der Waals surface area (Å²) in [5.41, 5.74) is 0.313. The second-order valence-corrected chi connectivity index (χ2v) is 9.12. The van der Waals surface area contributed by atoms with Crippen molar-refractivity contribution in [1.82, 2.24) is 4.98 Å². The average Bonchev–Trinajstić information content (AvgIpc) is 2.86. The third kappa shape index (κ3) is 5.61. The molecule has 2 aromatic carbocycles. The summed E-state index contributed by atoms with van der Waals surface area (Å²) in [5, 5.41) is 11.1. The molecule has 2 heterocycles. The maximum atomic E-state index is 13.7. The first-order valence-electron chi connectivity index (χ1n) is 11.4. The molecule has 0 saturated carbocycles. The average molecular weight is 516 g/mol. The number of aromatic nitrogens is 1. The van der Waals surface area contributed by atoms with Gasteiger partial charge >= 0.3 is 0 Å². The lowest BCUT2D eigenvalue weighted by Gasteiger charge is -2.27. The number of ketones is 1. The van der Waals surface area contributed by atoms with E-state index >= 15 is 0 Å². The fourth-order valence-electron chi connectivity index (χ4n) is 3.79. The molecule has 1 fully saturated rings. The van der Waals surface area contributed by atoms with Crippen molar-refractivity contribution in [2.75, 3.05) is 27.4 Å². The molecule has 1 saturated heterocycles. The summed E-state index contributed by atoms with van der Waals surface area (Å²) >= 11 is 5.95. The minimum absolute atomic E-state index is 0.0247. The molecule has 1 N–H and O–H groups in total. The number of hydrogen-bond acceptors (Lipinski definition) is 7. The van der Waals surface area contributed by atoms with E-state index in [4.69, 9.17) is 30.5 Å². The van der Waals surface area contributed by atoms with Gasteiger partial charge in [-0.15, -0.1) is 0 Å². The summed E-state index contributed by atoms with van der Waals surface area (Å²) in [4.78, 5) is 17.5. The van der Waals surface area contributed by atoms with Crippen LogP contribution in [0.1, 0.15) is 35.8 Å². The molecule has 190 valence electrons. The van der Waals surface area contributed by atoms with E-state index in [2.05, 4.69) is 4.98 Å². The molecule has 1 aliphatic heterocycles. The van der Waals surface area contributed by atoms with Crippen molar-refractivity contribution in [2.45, 2.75) is 31.5 Å². The van der Waals surface area contributed by atoms with Gasteiger partial charge in [0.15, 0.2) is 17.3 Å². The van der Waals surface area contributed by atoms with E-state index in [1.165, 1.54) is 32.4 Å². The highest BCUT2D eigenvalue weighted by molar-refractivity contribution is 6.31. The lowest BCUT2D eigenvalue weighted by molar-refractivity contribution is -0.0803. The van der Waals surface area contributed by atoms with E-state index in [1.807, 2.05) is 0 Å². The van der Waals surface area contributed by atoms with Crippen molar-refractivity contribution >= 4 is 17.4 Å². The highest BCUT2D eigenvalue weighted by Gasteiger charge is 2.28. The minimum atomic E-state index is -1.42. The van der Waals surface area contributed by atoms with Crippen LogP contribution in [0.5, 0.6) is 17.2 Å². The van der Waals surface area contributed by atoms with E-state index in [9.17, 15) is 14.3 Å². The Kier molecular flexibility index (Phi) is 7.78. The highest BCUT2D eigenvalue weighted by atomic mass is 35.5. The number of hydrogen-bond donors (Lipinski definition) is 1. The van der Waals surface area contributed by atoms with Crippen LogP contribution in [0.2, 0.25) is 5.02 Å². The molecule has 0 bridgehead atoms. The number of rotatable bonds is 10. The number of Topliss-reactive ketones (excluding diaryl/α,β-unsaturated/α-hetero) is 1. The second kappa shape index (κ2) is 10.8. The van der Waals surface area contributed by atoms with Gasteiger partial charge in [-0.05, 0) is 61.9 Å². The normalized spacial score (nSPS) is 15.1. The molecule has 1 atom stereocenters. The van der Waals surface area contributed by atoms with E-state index < -0.39 is 11.4 Å². The van der Waals surface area contributed by atoms with Crippen LogP contribution < -0.4 is 14.2 Å². The first-order valence-corrected chi connectivity index (χ1v) is 11.8. The van der Waals surface area contributed by atoms with E-state index in [0.29, 0.717) is 53.0 Å². The van der Waals surface area contributed by atoms with Crippen LogP contribution in [-0.4, -0.2) is 49.4 Å². The summed E-state index contributed by atoms with van der Waals surface area (Å²) in [6, 6.07) is 12.5. The van der Waals surface area contributed by atoms with Crippen LogP contribution in [0.4, 0.5) is 4.39 Å². The first kappa shape index (κ1) is 25.9. The number of halogens is 2. The van der Waals surface area contributed by atoms with E-state index in [-0.39, 0.29) is 29.8 Å². The van der Waals surface area contributed by atoms with Gasteiger partial charge in [-0.25, -0.2) is 9.37 Å². The van der Waals surface area contributed by atoms with Crippen molar-refractivity contribution in [3.05, 3.63) is 70.6 Å². The maximum absolute atomic E-state index is 13.7. The minimum Gasteiger partial charge on any atom is -0.494 e. The van der Waals surface area contributed by atoms with Gasteiger partial charge in [-0.3, -0.25) is 4.79 Å². The van der Waals surface area contributed by atoms with Gasteiger partial charge in [-0.2, -0.15) is 0 Å². The lowest BCUT2D eigenvalue weighted by atomic mass is 9.92.